The van der Waals surface area contributed by atoms with Gasteiger partial charge in [-0.3, -0.25) is 0 Å². The van der Waals surface area contributed by atoms with Crippen molar-refractivity contribution < 1.29 is 5.11 Å². The molecule has 2 heterocycles. The Hall–Kier alpha value is -1.82. The molecule has 8 heteroatoms. The average Bonchev–Trinajstić information content (AvgIpc) is 2.84. The van der Waals surface area contributed by atoms with Crippen molar-refractivity contribution in [3.63, 3.8) is 0 Å². The summed E-state index contributed by atoms with van der Waals surface area (Å²) in [7, 11) is 0. The van der Waals surface area contributed by atoms with Gasteiger partial charge in [0, 0.05) is 5.39 Å². The summed E-state index contributed by atoms with van der Waals surface area (Å²) in [5, 5.41) is 19.5. The van der Waals surface area contributed by atoms with Crippen molar-refractivity contribution in [1.82, 2.24) is 9.97 Å². The minimum atomic E-state index is -0.0779. The fraction of sp³-hybridized carbons (Fsp3) is 0.188. The lowest BCUT2D eigenvalue weighted by Crippen LogP contribution is -1.85. The average molecular weight is 384 g/mol. The maximum absolute atomic E-state index is 10.1. The second-order valence-corrected chi connectivity index (χ2v) is 6.72. The number of H-pyrrole nitrogens is 1. The number of pyridine rings is 1. The summed E-state index contributed by atoms with van der Waals surface area (Å²) in [5.74, 6) is 0.396. The van der Waals surface area contributed by atoms with Crippen molar-refractivity contribution in [2.45, 2.75) is 19.8 Å². The van der Waals surface area contributed by atoms with Crippen LogP contribution >= 0.6 is 34.8 Å². The molecule has 0 bridgehead atoms. The Balaban J connectivity index is 2.08. The van der Waals surface area contributed by atoms with Crippen LogP contribution in [0.1, 0.15) is 25.3 Å². The number of aromatic nitrogens is 2. The van der Waals surface area contributed by atoms with Gasteiger partial charge in [-0.15, -0.1) is 10.2 Å². The van der Waals surface area contributed by atoms with Crippen molar-refractivity contribution >= 4 is 57.2 Å². The summed E-state index contributed by atoms with van der Waals surface area (Å²) >= 11 is 17.7. The molecule has 0 amide bonds. The number of hydrogen-bond acceptors (Lipinski definition) is 4. The van der Waals surface area contributed by atoms with E-state index in [-0.39, 0.29) is 26.9 Å². The molecular formula is C16H13Cl3N4O. The van der Waals surface area contributed by atoms with Gasteiger partial charge in [-0.1, -0.05) is 54.7 Å². The number of hydrogen-bond donors (Lipinski definition) is 2. The first kappa shape index (κ1) is 17.0. The van der Waals surface area contributed by atoms with Gasteiger partial charge < -0.3 is 10.1 Å². The molecule has 2 N–H and O–H groups in total. The number of nitrogens with zero attached hydrogens (tertiary/aromatic N) is 3. The summed E-state index contributed by atoms with van der Waals surface area (Å²) in [4.78, 5) is 6.84. The van der Waals surface area contributed by atoms with Gasteiger partial charge >= 0.3 is 0 Å². The number of fused-ring (bicyclic) bond motifs is 1. The Bertz CT molecular complexity index is 950. The van der Waals surface area contributed by atoms with Crippen molar-refractivity contribution in [3.8, 4) is 5.88 Å². The zero-order valence-electron chi connectivity index (χ0n) is 12.8. The quantitative estimate of drug-likeness (QED) is 0.387. The fourth-order valence-corrected chi connectivity index (χ4v) is 2.78. The van der Waals surface area contributed by atoms with E-state index in [9.17, 15) is 5.11 Å². The molecule has 0 radical (unpaired) electrons. The highest BCUT2D eigenvalue weighted by atomic mass is 35.5. The van der Waals surface area contributed by atoms with Gasteiger partial charge in [0.15, 0.2) is 11.5 Å². The maximum atomic E-state index is 10.1. The lowest BCUT2D eigenvalue weighted by molar-refractivity contribution is 0.459. The van der Waals surface area contributed by atoms with Gasteiger partial charge in [0.05, 0.1) is 15.6 Å². The van der Waals surface area contributed by atoms with E-state index in [0.29, 0.717) is 11.6 Å². The minimum absolute atomic E-state index is 0.0779. The Morgan fingerprint density at radius 1 is 1.08 bits per heavy atom. The van der Waals surface area contributed by atoms with Crippen LogP contribution in [0.25, 0.3) is 10.9 Å². The Labute approximate surface area is 153 Å². The third-order valence-electron chi connectivity index (χ3n) is 3.56. The molecular weight excluding hydrogens is 371 g/mol. The van der Waals surface area contributed by atoms with Gasteiger partial charge in [-0.25, -0.2) is 4.98 Å². The van der Waals surface area contributed by atoms with Crippen LogP contribution in [0.5, 0.6) is 5.88 Å². The van der Waals surface area contributed by atoms with E-state index in [1.807, 2.05) is 18.2 Å². The number of aromatic hydroxyl groups is 1. The summed E-state index contributed by atoms with van der Waals surface area (Å²) < 4.78 is 0. The summed E-state index contributed by atoms with van der Waals surface area (Å²) in [5.41, 5.74) is 2.21. The number of azo groups is 1. The van der Waals surface area contributed by atoms with E-state index in [2.05, 4.69) is 34.0 Å². The highest BCUT2D eigenvalue weighted by molar-refractivity contribution is 6.42. The first-order valence-corrected chi connectivity index (χ1v) is 8.28. The van der Waals surface area contributed by atoms with Gasteiger partial charge in [0.25, 0.3) is 0 Å². The largest absolute Gasteiger partial charge is 0.493 e. The number of nitrogens with one attached hydrogen (secondary N) is 1. The Morgan fingerprint density at radius 3 is 2.54 bits per heavy atom. The second kappa shape index (κ2) is 6.59. The highest BCUT2D eigenvalue weighted by Crippen LogP contribution is 2.38. The van der Waals surface area contributed by atoms with Crippen molar-refractivity contribution in [1.29, 1.82) is 0 Å². The molecule has 0 saturated heterocycles. The predicted molar refractivity (Wildman–Crippen MR) is 97.5 cm³/mol. The van der Waals surface area contributed by atoms with Crippen molar-refractivity contribution in [2.75, 3.05) is 0 Å². The van der Waals surface area contributed by atoms with Crippen LogP contribution in [-0.2, 0) is 0 Å². The van der Waals surface area contributed by atoms with Crippen LogP contribution < -0.4 is 0 Å². The van der Waals surface area contributed by atoms with E-state index >= 15 is 0 Å². The molecule has 0 aliphatic carbocycles. The molecule has 0 aliphatic heterocycles. The van der Waals surface area contributed by atoms with E-state index in [1.54, 1.807) is 0 Å². The second-order valence-electron chi connectivity index (χ2n) is 5.55. The van der Waals surface area contributed by atoms with Crippen LogP contribution in [0.15, 0.2) is 34.5 Å². The molecule has 24 heavy (non-hydrogen) atoms. The van der Waals surface area contributed by atoms with Gasteiger partial charge in [-0.2, -0.15) is 0 Å². The molecule has 3 rings (SSSR count). The highest BCUT2D eigenvalue weighted by Gasteiger charge is 2.13. The zero-order valence-corrected chi connectivity index (χ0v) is 15.1. The van der Waals surface area contributed by atoms with Crippen molar-refractivity contribution in [3.05, 3.63) is 45.0 Å². The number of halogens is 3. The number of rotatable bonds is 3. The van der Waals surface area contributed by atoms with Crippen LogP contribution in [0, 0.1) is 0 Å². The Kier molecular flexibility index (Phi) is 4.67. The standard InChI is InChI=1S/C16H13Cl3N4O/c1-7(2)8-3-4-12-9(5-8)13(16(24)20-12)22-23-15-11(18)6-10(17)14(19)21-15/h3-7,20,24H,1-2H3. The van der Waals surface area contributed by atoms with Crippen LogP contribution in [0.2, 0.25) is 15.2 Å². The molecule has 0 fully saturated rings. The van der Waals surface area contributed by atoms with Crippen molar-refractivity contribution in [2.24, 2.45) is 10.2 Å². The molecule has 124 valence electrons. The molecule has 0 atom stereocenters. The summed E-state index contributed by atoms with van der Waals surface area (Å²) in [6.07, 6.45) is 0. The molecule has 0 saturated carbocycles. The number of aromatic amines is 1. The number of benzene rings is 1. The SMILES string of the molecule is CC(C)c1ccc2[nH]c(O)c(N=Nc3nc(Cl)c(Cl)cc3Cl)c2c1. The smallest absolute Gasteiger partial charge is 0.218 e. The van der Waals surface area contributed by atoms with Gasteiger partial charge in [0.2, 0.25) is 5.88 Å². The van der Waals surface area contributed by atoms with E-state index in [4.69, 9.17) is 34.8 Å². The van der Waals surface area contributed by atoms with E-state index < -0.39 is 0 Å². The third-order valence-corrected chi connectivity index (χ3v) is 4.51. The third kappa shape index (κ3) is 3.20. The molecule has 0 unspecified atom stereocenters. The Morgan fingerprint density at radius 2 is 1.83 bits per heavy atom. The predicted octanol–water partition coefficient (Wildman–Crippen LogP) is 6.77. The molecule has 0 spiro atoms. The van der Waals surface area contributed by atoms with Crippen LogP contribution in [0.4, 0.5) is 11.5 Å². The van der Waals surface area contributed by atoms with Gasteiger partial charge in [-0.05, 0) is 29.7 Å². The molecule has 2 aromatic heterocycles. The lowest BCUT2D eigenvalue weighted by Gasteiger charge is -2.04. The van der Waals surface area contributed by atoms with Crippen LogP contribution in [-0.4, -0.2) is 15.1 Å². The molecule has 3 aromatic rings. The molecule has 1 aromatic carbocycles. The lowest BCUT2D eigenvalue weighted by atomic mass is 10.0. The first-order valence-electron chi connectivity index (χ1n) is 7.14. The normalized spacial score (nSPS) is 11.9. The fourth-order valence-electron chi connectivity index (χ4n) is 2.24. The molecule has 5 nitrogen and oxygen atoms in total. The van der Waals surface area contributed by atoms with E-state index in [1.165, 1.54) is 6.07 Å². The molecule has 0 aliphatic rings. The van der Waals surface area contributed by atoms with Crippen LogP contribution in [0.3, 0.4) is 0 Å². The summed E-state index contributed by atoms with van der Waals surface area (Å²) in [6.45, 7) is 4.18. The minimum Gasteiger partial charge on any atom is -0.493 e. The monoisotopic (exact) mass is 382 g/mol. The zero-order chi connectivity index (χ0) is 17.4. The summed E-state index contributed by atoms with van der Waals surface area (Å²) in [6, 6.07) is 7.31. The van der Waals surface area contributed by atoms with E-state index in [0.717, 1.165) is 16.5 Å². The first-order chi connectivity index (χ1) is 11.4. The van der Waals surface area contributed by atoms with Gasteiger partial charge in [0.1, 0.15) is 5.15 Å². The topological polar surface area (TPSA) is 73.6 Å². The maximum Gasteiger partial charge on any atom is 0.218 e.